The van der Waals surface area contributed by atoms with E-state index in [0.717, 1.165) is 0 Å². The third kappa shape index (κ3) is 6.69. The molecule has 6 heteroatoms. The highest BCUT2D eigenvalue weighted by molar-refractivity contribution is 6.01. The monoisotopic (exact) mass is 271 g/mol. The van der Waals surface area contributed by atoms with Gasteiger partial charge in [-0.05, 0) is 19.8 Å². The topological polar surface area (TPSA) is 80.8 Å². The van der Waals surface area contributed by atoms with Gasteiger partial charge in [-0.25, -0.2) is 4.79 Å². The predicted molar refractivity (Wildman–Crippen MR) is 67.7 cm³/mol. The number of nitrogens with zero attached hydrogens (tertiary/aromatic N) is 1. The second-order valence-corrected chi connectivity index (χ2v) is 3.95. The number of imide groups is 1. The molecule has 19 heavy (non-hydrogen) atoms. The molecule has 0 atom stereocenters. The molecule has 1 heterocycles. The fourth-order valence-corrected chi connectivity index (χ4v) is 1.45. The Morgan fingerprint density at radius 2 is 1.53 bits per heavy atom. The van der Waals surface area contributed by atoms with Gasteiger partial charge in [0.15, 0.2) is 0 Å². The van der Waals surface area contributed by atoms with Gasteiger partial charge in [0.2, 0.25) is 0 Å². The Morgan fingerprint density at radius 3 is 2.00 bits per heavy atom. The summed E-state index contributed by atoms with van der Waals surface area (Å²) < 4.78 is 0. The summed E-state index contributed by atoms with van der Waals surface area (Å²) in [6, 6.07) is 0. The summed E-state index contributed by atoms with van der Waals surface area (Å²) in [5.74, 6) is -1.50. The van der Waals surface area contributed by atoms with Crippen LogP contribution in [0.5, 0.6) is 0 Å². The molecule has 1 aliphatic rings. The maximum Gasteiger partial charge on any atom is 0.333 e. The van der Waals surface area contributed by atoms with E-state index in [-0.39, 0.29) is 25.0 Å². The van der Waals surface area contributed by atoms with Crippen LogP contribution in [0.25, 0.3) is 0 Å². The third-order valence-electron chi connectivity index (χ3n) is 2.36. The van der Waals surface area contributed by atoms with Crippen LogP contribution in [0, 0.1) is 0 Å². The summed E-state index contributed by atoms with van der Waals surface area (Å²) in [5.41, 5.74) is 0. The lowest BCUT2D eigenvalue weighted by Gasteiger charge is -2.12. The van der Waals surface area contributed by atoms with E-state index in [1.165, 1.54) is 6.92 Å². The van der Waals surface area contributed by atoms with E-state index in [1.54, 1.807) is 0 Å². The standard InChI is InChI=1S/C11H15NO5.C2H6/c1-8(13)4-2-3-5-11(16)17-12-9(14)6-7-10(12)15;1-2/h2-7H2,1H3;1-2H3. The number of hydrogen-bond acceptors (Lipinski definition) is 5. The minimum Gasteiger partial charge on any atom is -0.330 e. The van der Waals surface area contributed by atoms with Gasteiger partial charge in [0.05, 0.1) is 0 Å². The Morgan fingerprint density at radius 1 is 1.05 bits per heavy atom. The predicted octanol–water partition coefficient (Wildman–Crippen LogP) is 1.77. The molecule has 2 amide bonds. The molecule has 0 N–H and O–H groups in total. The van der Waals surface area contributed by atoms with Crippen molar-refractivity contribution in [3.05, 3.63) is 0 Å². The van der Waals surface area contributed by atoms with Gasteiger partial charge in [-0.2, -0.15) is 0 Å². The number of hydroxylamine groups is 2. The van der Waals surface area contributed by atoms with Gasteiger partial charge in [-0.15, -0.1) is 5.06 Å². The van der Waals surface area contributed by atoms with Crippen LogP contribution in [0.2, 0.25) is 0 Å². The quantitative estimate of drug-likeness (QED) is 0.543. The molecule has 0 spiro atoms. The van der Waals surface area contributed by atoms with Gasteiger partial charge in [-0.3, -0.25) is 9.59 Å². The molecule has 0 saturated carbocycles. The van der Waals surface area contributed by atoms with Crippen molar-refractivity contribution in [2.75, 3.05) is 0 Å². The van der Waals surface area contributed by atoms with Crippen LogP contribution in [-0.2, 0) is 24.0 Å². The van der Waals surface area contributed by atoms with Crippen LogP contribution in [0.1, 0.15) is 59.3 Å². The lowest BCUT2D eigenvalue weighted by molar-refractivity contribution is -0.197. The number of ketones is 1. The average Bonchev–Trinajstić information content (AvgIpc) is 2.69. The molecule has 0 aliphatic carbocycles. The molecule has 108 valence electrons. The first kappa shape index (κ1) is 17.3. The Balaban J connectivity index is 0.00000154. The number of carbonyl (C=O) groups is 4. The van der Waals surface area contributed by atoms with Gasteiger partial charge in [0, 0.05) is 25.7 Å². The van der Waals surface area contributed by atoms with Crippen LogP contribution in [0.3, 0.4) is 0 Å². The molecule has 1 rings (SSSR count). The lowest BCUT2D eigenvalue weighted by Crippen LogP contribution is -2.31. The second-order valence-electron chi connectivity index (χ2n) is 3.95. The summed E-state index contributed by atoms with van der Waals surface area (Å²) in [6.45, 7) is 5.49. The summed E-state index contributed by atoms with van der Waals surface area (Å²) in [6.07, 6.45) is 1.83. The first-order chi connectivity index (χ1) is 9.00. The Bertz CT molecular complexity index is 335. The molecule has 1 fully saturated rings. The van der Waals surface area contributed by atoms with Crippen LogP contribution < -0.4 is 0 Å². The van der Waals surface area contributed by atoms with Crippen LogP contribution >= 0.6 is 0 Å². The van der Waals surface area contributed by atoms with E-state index in [9.17, 15) is 19.2 Å². The van der Waals surface area contributed by atoms with Gasteiger partial charge < -0.3 is 9.63 Å². The molecule has 0 bridgehead atoms. The van der Waals surface area contributed by atoms with Gasteiger partial charge >= 0.3 is 5.97 Å². The maximum absolute atomic E-state index is 11.3. The molecule has 0 aromatic heterocycles. The van der Waals surface area contributed by atoms with E-state index < -0.39 is 17.8 Å². The van der Waals surface area contributed by atoms with Crippen molar-refractivity contribution in [1.82, 2.24) is 5.06 Å². The maximum atomic E-state index is 11.3. The molecule has 6 nitrogen and oxygen atoms in total. The summed E-state index contributed by atoms with van der Waals surface area (Å²) in [5, 5.41) is 0.535. The number of carbonyl (C=O) groups excluding carboxylic acids is 4. The van der Waals surface area contributed by atoms with E-state index in [4.69, 9.17) is 0 Å². The van der Waals surface area contributed by atoms with Crippen LogP contribution in [0.15, 0.2) is 0 Å². The SMILES string of the molecule is CC.CC(=O)CCCCC(=O)ON1C(=O)CCC1=O. The Hall–Kier alpha value is -1.72. The zero-order valence-corrected chi connectivity index (χ0v) is 11.7. The van der Waals surface area contributed by atoms with E-state index in [0.29, 0.717) is 24.3 Å². The smallest absolute Gasteiger partial charge is 0.330 e. The van der Waals surface area contributed by atoms with Crippen molar-refractivity contribution >= 4 is 23.6 Å². The number of Topliss-reactive ketones (excluding diaryl/α,β-unsaturated/α-hetero) is 1. The molecular weight excluding hydrogens is 250 g/mol. The molecule has 1 saturated heterocycles. The number of unbranched alkanes of at least 4 members (excludes halogenated alkanes) is 1. The van der Waals surface area contributed by atoms with Crippen molar-refractivity contribution in [3.8, 4) is 0 Å². The Kier molecular flexibility index (Phi) is 8.41. The highest BCUT2D eigenvalue weighted by Crippen LogP contribution is 2.13. The summed E-state index contributed by atoms with van der Waals surface area (Å²) in [7, 11) is 0. The van der Waals surface area contributed by atoms with Crippen molar-refractivity contribution in [3.63, 3.8) is 0 Å². The molecular formula is C13H21NO5. The highest BCUT2D eigenvalue weighted by atomic mass is 16.7. The van der Waals surface area contributed by atoms with Gasteiger partial charge in [0.1, 0.15) is 5.78 Å². The zero-order valence-electron chi connectivity index (χ0n) is 11.7. The second kappa shape index (κ2) is 9.24. The minimum absolute atomic E-state index is 0.0725. The van der Waals surface area contributed by atoms with Crippen LogP contribution in [-0.4, -0.2) is 28.6 Å². The first-order valence-corrected chi connectivity index (χ1v) is 6.56. The van der Waals surface area contributed by atoms with Crippen molar-refractivity contribution < 1.29 is 24.0 Å². The number of hydrogen-bond donors (Lipinski definition) is 0. The van der Waals surface area contributed by atoms with E-state index in [1.807, 2.05) is 13.8 Å². The zero-order chi connectivity index (χ0) is 14.8. The lowest BCUT2D eigenvalue weighted by atomic mass is 10.1. The Labute approximate surface area is 113 Å². The molecule has 0 aromatic rings. The molecule has 0 radical (unpaired) electrons. The highest BCUT2D eigenvalue weighted by Gasteiger charge is 2.32. The largest absolute Gasteiger partial charge is 0.333 e. The number of amides is 2. The van der Waals surface area contributed by atoms with E-state index in [2.05, 4.69) is 4.84 Å². The molecule has 0 unspecified atom stereocenters. The van der Waals surface area contributed by atoms with E-state index >= 15 is 0 Å². The number of rotatable bonds is 6. The minimum atomic E-state index is -0.614. The van der Waals surface area contributed by atoms with Gasteiger partial charge in [-0.1, -0.05) is 13.8 Å². The average molecular weight is 271 g/mol. The van der Waals surface area contributed by atoms with Crippen molar-refractivity contribution in [1.29, 1.82) is 0 Å². The first-order valence-electron chi connectivity index (χ1n) is 6.56. The normalized spacial score (nSPS) is 13.9. The van der Waals surface area contributed by atoms with Crippen LogP contribution in [0.4, 0.5) is 0 Å². The molecule has 0 aromatic carbocycles. The van der Waals surface area contributed by atoms with Gasteiger partial charge in [0.25, 0.3) is 11.8 Å². The fraction of sp³-hybridized carbons (Fsp3) is 0.692. The summed E-state index contributed by atoms with van der Waals surface area (Å²) >= 11 is 0. The third-order valence-corrected chi connectivity index (χ3v) is 2.36. The summed E-state index contributed by atoms with van der Waals surface area (Å²) in [4.78, 5) is 48.8. The van der Waals surface area contributed by atoms with Crippen molar-refractivity contribution in [2.45, 2.75) is 59.3 Å². The fourth-order valence-electron chi connectivity index (χ4n) is 1.45. The molecule has 1 aliphatic heterocycles. The van der Waals surface area contributed by atoms with Crippen molar-refractivity contribution in [2.24, 2.45) is 0 Å².